The van der Waals surface area contributed by atoms with E-state index in [1.165, 1.54) is 18.2 Å². The molecule has 1 aromatic rings. The molecule has 1 aliphatic heterocycles. The number of rotatable bonds is 6. The summed E-state index contributed by atoms with van der Waals surface area (Å²) in [6, 6.07) is 5.13. The molecule has 2 rings (SSSR count). The lowest BCUT2D eigenvalue weighted by atomic mass is 9.99. The van der Waals surface area contributed by atoms with E-state index in [2.05, 4.69) is 10.6 Å². The fraction of sp³-hybridized carbons (Fsp3) is 0.588. The van der Waals surface area contributed by atoms with Gasteiger partial charge in [-0.1, -0.05) is 19.1 Å². The van der Waals surface area contributed by atoms with Gasteiger partial charge in [-0.05, 0) is 37.9 Å². The standard InChI is InChI=1S/C17H23F3N2O2.ClH/c1-2-13(11-22-16(23)12-6-5-9-21-10-12)24-15-8-4-3-7-14(15)17(18,19)20;/h3-4,7-8,12-13,21H,2,5-6,9-11H2,1H3,(H,22,23);1H. The van der Waals surface area contributed by atoms with E-state index >= 15 is 0 Å². The molecule has 0 aromatic heterocycles. The molecule has 2 N–H and O–H groups in total. The third kappa shape index (κ3) is 6.40. The molecule has 4 nitrogen and oxygen atoms in total. The molecular weight excluding hydrogens is 357 g/mol. The number of carbonyl (C=O) groups excluding carboxylic acids is 1. The van der Waals surface area contributed by atoms with Crippen LogP contribution in [-0.2, 0) is 11.0 Å². The molecule has 0 radical (unpaired) electrons. The molecule has 2 unspecified atom stereocenters. The van der Waals surface area contributed by atoms with Gasteiger partial charge in [0.2, 0.25) is 5.91 Å². The van der Waals surface area contributed by atoms with Crippen LogP contribution in [0, 0.1) is 5.92 Å². The average Bonchev–Trinajstić information content (AvgIpc) is 2.58. The van der Waals surface area contributed by atoms with Gasteiger partial charge < -0.3 is 15.4 Å². The molecule has 25 heavy (non-hydrogen) atoms. The second-order valence-corrected chi connectivity index (χ2v) is 5.93. The number of hydrogen-bond acceptors (Lipinski definition) is 3. The van der Waals surface area contributed by atoms with Crippen LogP contribution in [0.4, 0.5) is 13.2 Å². The zero-order chi connectivity index (χ0) is 17.6. The Morgan fingerprint density at radius 3 is 2.72 bits per heavy atom. The molecule has 1 fully saturated rings. The number of halogens is 4. The van der Waals surface area contributed by atoms with Gasteiger partial charge in [-0.25, -0.2) is 0 Å². The molecular formula is C17H24ClF3N2O2. The first-order valence-electron chi connectivity index (χ1n) is 8.23. The quantitative estimate of drug-likeness (QED) is 0.795. The van der Waals surface area contributed by atoms with E-state index < -0.39 is 17.8 Å². The Morgan fingerprint density at radius 2 is 2.12 bits per heavy atom. The van der Waals surface area contributed by atoms with Gasteiger partial charge in [0.1, 0.15) is 11.9 Å². The molecule has 8 heteroatoms. The third-order valence-electron chi connectivity index (χ3n) is 4.11. The number of hydrogen-bond donors (Lipinski definition) is 2. The van der Waals surface area contributed by atoms with Crippen molar-refractivity contribution in [3.05, 3.63) is 29.8 Å². The summed E-state index contributed by atoms with van der Waals surface area (Å²) in [5, 5.41) is 5.96. The van der Waals surface area contributed by atoms with Crippen LogP contribution in [0.15, 0.2) is 24.3 Å². The minimum atomic E-state index is -4.47. The monoisotopic (exact) mass is 380 g/mol. The Bertz CT molecular complexity index is 549. The summed E-state index contributed by atoms with van der Waals surface area (Å²) in [6.07, 6.45) is -2.70. The van der Waals surface area contributed by atoms with Crippen molar-refractivity contribution in [2.45, 2.75) is 38.5 Å². The van der Waals surface area contributed by atoms with E-state index in [1.807, 2.05) is 6.92 Å². The van der Waals surface area contributed by atoms with Crippen LogP contribution in [0.5, 0.6) is 5.75 Å². The molecule has 0 spiro atoms. The maximum atomic E-state index is 13.0. The van der Waals surface area contributed by atoms with Crippen molar-refractivity contribution in [3.63, 3.8) is 0 Å². The van der Waals surface area contributed by atoms with Crippen molar-refractivity contribution in [2.75, 3.05) is 19.6 Å². The molecule has 1 amide bonds. The topological polar surface area (TPSA) is 50.4 Å². The number of alkyl halides is 3. The largest absolute Gasteiger partial charge is 0.488 e. The minimum Gasteiger partial charge on any atom is -0.488 e. The van der Waals surface area contributed by atoms with Gasteiger partial charge in [-0.2, -0.15) is 13.2 Å². The minimum absolute atomic E-state index is 0. The molecule has 142 valence electrons. The van der Waals surface area contributed by atoms with Gasteiger partial charge in [-0.3, -0.25) is 4.79 Å². The SMILES string of the molecule is CCC(CNC(=O)C1CCCNC1)Oc1ccccc1C(F)(F)F.Cl. The third-order valence-corrected chi connectivity index (χ3v) is 4.11. The van der Waals surface area contributed by atoms with Crippen molar-refractivity contribution >= 4 is 18.3 Å². The zero-order valence-electron chi connectivity index (χ0n) is 14.1. The van der Waals surface area contributed by atoms with Crippen molar-refractivity contribution in [1.29, 1.82) is 0 Å². The van der Waals surface area contributed by atoms with Crippen molar-refractivity contribution in [2.24, 2.45) is 5.92 Å². The van der Waals surface area contributed by atoms with Crippen molar-refractivity contribution in [1.82, 2.24) is 10.6 Å². The van der Waals surface area contributed by atoms with Gasteiger partial charge in [0.25, 0.3) is 0 Å². The van der Waals surface area contributed by atoms with Gasteiger partial charge in [0.15, 0.2) is 0 Å². The summed E-state index contributed by atoms with van der Waals surface area (Å²) in [6.45, 7) is 3.56. The summed E-state index contributed by atoms with van der Waals surface area (Å²) in [7, 11) is 0. The molecule has 0 aliphatic carbocycles. The summed E-state index contributed by atoms with van der Waals surface area (Å²) in [5.41, 5.74) is -0.800. The molecule has 1 aromatic carbocycles. The molecule has 1 aliphatic rings. The van der Waals surface area contributed by atoms with Gasteiger partial charge in [0, 0.05) is 6.54 Å². The van der Waals surface area contributed by atoms with Crippen LogP contribution >= 0.6 is 12.4 Å². The maximum absolute atomic E-state index is 13.0. The lowest BCUT2D eigenvalue weighted by molar-refractivity contribution is -0.139. The van der Waals surface area contributed by atoms with Crippen molar-refractivity contribution < 1.29 is 22.7 Å². The number of piperidine rings is 1. The Labute approximate surface area is 151 Å². The summed E-state index contributed by atoms with van der Waals surface area (Å²) >= 11 is 0. The van der Waals surface area contributed by atoms with E-state index in [0.29, 0.717) is 13.0 Å². The summed E-state index contributed by atoms with van der Waals surface area (Å²) < 4.78 is 44.5. The van der Waals surface area contributed by atoms with Gasteiger partial charge in [-0.15, -0.1) is 12.4 Å². The van der Waals surface area contributed by atoms with Crippen LogP contribution in [0.2, 0.25) is 0 Å². The van der Waals surface area contributed by atoms with Crippen LogP contribution in [-0.4, -0.2) is 31.6 Å². The number of benzene rings is 1. The lowest BCUT2D eigenvalue weighted by Crippen LogP contribution is -2.43. The second kappa shape index (κ2) is 9.87. The first-order chi connectivity index (χ1) is 11.4. The molecule has 0 bridgehead atoms. The number of nitrogens with one attached hydrogen (secondary N) is 2. The fourth-order valence-corrected chi connectivity index (χ4v) is 2.69. The normalized spacial score (nSPS) is 18.8. The first kappa shape index (κ1) is 21.6. The van der Waals surface area contributed by atoms with E-state index in [-0.39, 0.29) is 36.5 Å². The highest BCUT2D eigenvalue weighted by molar-refractivity contribution is 5.85. The summed E-state index contributed by atoms with van der Waals surface area (Å²) in [5.74, 6) is -0.363. The molecule has 2 atom stereocenters. The van der Waals surface area contributed by atoms with Crippen LogP contribution in [0.25, 0.3) is 0 Å². The Kier molecular flexibility index (Phi) is 8.52. The average molecular weight is 381 g/mol. The zero-order valence-corrected chi connectivity index (χ0v) is 14.9. The second-order valence-electron chi connectivity index (χ2n) is 5.93. The van der Waals surface area contributed by atoms with E-state index in [1.54, 1.807) is 0 Å². The molecule has 1 saturated heterocycles. The number of ether oxygens (including phenoxy) is 1. The van der Waals surface area contributed by atoms with E-state index in [9.17, 15) is 18.0 Å². The van der Waals surface area contributed by atoms with Crippen LogP contribution < -0.4 is 15.4 Å². The van der Waals surface area contributed by atoms with Gasteiger partial charge >= 0.3 is 6.18 Å². The number of carbonyl (C=O) groups is 1. The van der Waals surface area contributed by atoms with Crippen LogP contribution in [0.1, 0.15) is 31.7 Å². The predicted octanol–water partition coefficient (Wildman–Crippen LogP) is 3.40. The first-order valence-corrected chi connectivity index (χ1v) is 8.23. The van der Waals surface area contributed by atoms with Crippen LogP contribution in [0.3, 0.4) is 0 Å². The highest BCUT2D eigenvalue weighted by Crippen LogP contribution is 2.36. The van der Waals surface area contributed by atoms with Gasteiger partial charge in [0.05, 0.1) is 18.0 Å². The van der Waals surface area contributed by atoms with Crippen molar-refractivity contribution in [3.8, 4) is 5.75 Å². The van der Waals surface area contributed by atoms with E-state index in [4.69, 9.17) is 4.74 Å². The highest BCUT2D eigenvalue weighted by Gasteiger charge is 2.34. The Hall–Kier alpha value is -1.47. The van der Waals surface area contributed by atoms with E-state index in [0.717, 1.165) is 25.5 Å². The number of para-hydroxylation sites is 1. The maximum Gasteiger partial charge on any atom is 0.419 e. The lowest BCUT2D eigenvalue weighted by Gasteiger charge is -2.24. The summed E-state index contributed by atoms with van der Waals surface area (Å²) in [4.78, 5) is 12.1. The Morgan fingerprint density at radius 1 is 1.40 bits per heavy atom. The number of amides is 1. The Balaban J connectivity index is 0.00000312. The fourth-order valence-electron chi connectivity index (χ4n) is 2.69. The predicted molar refractivity (Wildman–Crippen MR) is 92.0 cm³/mol. The highest BCUT2D eigenvalue weighted by atomic mass is 35.5. The molecule has 1 heterocycles. The smallest absolute Gasteiger partial charge is 0.419 e. The molecule has 0 saturated carbocycles.